The van der Waals surface area contributed by atoms with Gasteiger partial charge < -0.3 is 9.84 Å². The third-order valence-corrected chi connectivity index (χ3v) is 2.31. The number of aromatic nitrogens is 1. The molecule has 0 fully saturated rings. The number of carbonyl (C=O) groups is 1. The van der Waals surface area contributed by atoms with E-state index in [-0.39, 0.29) is 6.61 Å². The van der Waals surface area contributed by atoms with Gasteiger partial charge >= 0.3 is 12.1 Å². The molecule has 1 heterocycles. The van der Waals surface area contributed by atoms with E-state index in [1.807, 2.05) is 0 Å². The number of halogens is 5. The largest absolute Gasteiger partial charge is 0.506 e. The number of carbonyl (C=O) groups excluding carboxylic acids is 1. The summed E-state index contributed by atoms with van der Waals surface area (Å²) in [5.41, 5.74) is -4.31. The van der Waals surface area contributed by atoms with Crippen LogP contribution in [0.3, 0.4) is 0 Å². The molecular weight excluding hydrogens is 289 g/mol. The summed E-state index contributed by atoms with van der Waals surface area (Å²) in [7, 11) is 0. The lowest BCUT2D eigenvalue weighted by molar-refractivity contribution is -0.144. The quantitative estimate of drug-likeness (QED) is 0.686. The highest BCUT2D eigenvalue weighted by Crippen LogP contribution is 2.40. The molecule has 0 spiro atoms. The summed E-state index contributed by atoms with van der Waals surface area (Å²) in [6, 6.07) is 0. The van der Waals surface area contributed by atoms with Crippen LogP contribution in [0, 0.1) is 0 Å². The molecule has 1 aromatic heterocycles. The third kappa shape index (κ3) is 3.55. The molecule has 0 aromatic carbocycles. The predicted molar refractivity (Wildman–Crippen MR) is 56.2 cm³/mol. The van der Waals surface area contributed by atoms with Gasteiger partial charge in [-0.3, -0.25) is 9.78 Å². The number of pyridine rings is 1. The standard InChI is InChI=1S/C11H10F5NO3/c1-2-20-7(19)3-5-6(18)4-17-9(10(12)13)8(5)11(14,15)16/h4,10,18H,2-3H2,1H3. The van der Waals surface area contributed by atoms with Gasteiger partial charge in [0.1, 0.15) is 11.4 Å². The second kappa shape index (κ2) is 6.02. The lowest BCUT2D eigenvalue weighted by Crippen LogP contribution is -2.18. The average molecular weight is 299 g/mol. The fourth-order valence-corrected chi connectivity index (χ4v) is 1.57. The number of rotatable bonds is 4. The maximum Gasteiger partial charge on any atom is 0.418 e. The first-order valence-corrected chi connectivity index (χ1v) is 5.40. The number of aromatic hydroxyl groups is 1. The first-order chi connectivity index (χ1) is 9.18. The van der Waals surface area contributed by atoms with Crippen LogP contribution in [0.1, 0.15) is 30.2 Å². The van der Waals surface area contributed by atoms with E-state index in [0.717, 1.165) is 0 Å². The van der Waals surface area contributed by atoms with E-state index in [2.05, 4.69) is 9.72 Å². The van der Waals surface area contributed by atoms with Crippen molar-refractivity contribution in [2.45, 2.75) is 25.9 Å². The second-order valence-corrected chi connectivity index (χ2v) is 3.66. The molecule has 0 aliphatic heterocycles. The monoisotopic (exact) mass is 299 g/mol. The van der Waals surface area contributed by atoms with E-state index in [0.29, 0.717) is 6.20 Å². The van der Waals surface area contributed by atoms with Crippen LogP contribution in [0.5, 0.6) is 5.75 Å². The fourth-order valence-electron chi connectivity index (χ4n) is 1.57. The topological polar surface area (TPSA) is 59.4 Å². The summed E-state index contributed by atoms with van der Waals surface area (Å²) in [5, 5.41) is 9.36. The van der Waals surface area contributed by atoms with Crippen LogP contribution in [0.15, 0.2) is 6.20 Å². The Hall–Kier alpha value is -1.93. The van der Waals surface area contributed by atoms with Crippen molar-refractivity contribution in [2.24, 2.45) is 0 Å². The summed E-state index contributed by atoms with van der Waals surface area (Å²) in [6.45, 7) is 1.34. The van der Waals surface area contributed by atoms with Crippen molar-refractivity contribution in [3.05, 3.63) is 23.0 Å². The van der Waals surface area contributed by atoms with Crippen molar-refractivity contribution in [3.63, 3.8) is 0 Å². The molecule has 0 aliphatic carbocycles. The van der Waals surface area contributed by atoms with Gasteiger partial charge in [0.2, 0.25) is 0 Å². The zero-order chi connectivity index (χ0) is 15.5. The Balaban J connectivity index is 3.40. The summed E-state index contributed by atoms with van der Waals surface area (Å²) in [6.07, 6.45) is -9.20. The molecule has 1 rings (SSSR count). The highest BCUT2D eigenvalue weighted by atomic mass is 19.4. The van der Waals surface area contributed by atoms with Gasteiger partial charge in [-0.2, -0.15) is 13.2 Å². The van der Waals surface area contributed by atoms with Crippen LogP contribution >= 0.6 is 0 Å². The zero-order valence-electron chi connectivity index (χ0n) is 10.2. The van der Waals surface area contributed by atoms with E-state index in [1.165, 1.54) is 6.92 Å². The van der Waals surface area contributed by atoms with Crippen LogP contribution in [0.2, 0.25) is 0 Å². The fraction of sp³-hybridized carbons (Fsp3) is 0.455. The van der Waals surface area contributed by atoms with Crippen LogP contribution < -0.4 is 0 Å². The molecule has 0 bridgehead atoms. The average Bonchev–Trinajstić information content (AvgIpc) is 2.29. The van der Waals surface area contributed by atoms with Gasteiger partial charge in [-0.1, -0.05) is 0 Å². The number of nitrogens with zero attached hydrogens (tertiary/aromatic N) is 1. The van der Waals surface area contributed by atoms with E-state index in [1.54, 1.807) is 0 Å². The SMILES string of the molecule is CCOC(=O)Cc1c(O)cnc(C(F)F)c1C(F)(F)F. The van der Waals surface area contributed by atoms with Crippen LogP contribution in [-0.2, 0) is 22.1 Å². The lowest BCUT2D eigenvalue weighted by Gasteiger charge is -2.17. The number of esters is 1. The molecule has 0 atom stereocenters. The second-order valence-electron chi connectivity index (χ2n) is 3.66. The minimum atomic E-state index is -5.18. The Labute approximate surface area is 110 Å². The molecule has 1 aromatic rings. The summed E-state index contributed by atoms with van der Waals surface area (Å²) in [4.78, 5) is 14.1. The first kappa shape index (κ1) is 16.1. The molecule has 4 nitrogen and oxygen atoms in total. The van der Waals surface area contributed by atoms with Crippen molar-refractivity contribution in [1.29, 1.82) is 0 Å². The zero-order valence-corrected chi connectivity index (χ0v) is 10.2. The van der Waals surface area contributed by atoms with E-state index in [9.17, 15) is 31.9 Å². The molecule has 9 heteroatoms. The highest BCUT2D eigenvalue weighted by Gasteiger charge is 2.41. The molecule has 0 radical (unpaired) electrons. The Morgan fingerprint density at radius 1 is 1.45 bits per heavy atom. The highest BCUT2D eigenvalue weighted by molar-refractivity contribution is 5.74. The smallest absolute Gasteiger partial charge is 0.418 e. The van der Waals surface area contributed by atoms with Crippen molar-refractivity contribution in [1.82, 2.24) is 4.98 Å². The van der Waals surface area contributed by atoms with Gasteiger partial charge in [0.25, 0.3) is 6.43 Å². The van der Waals surface area contributed by atoms with Crippen LogP contribution in [0.25, 0.3) is 0 Å². The predicted octanol–water partition coefficient (Wildman–Crippen LogP) is 2.85. The molecular formula is C11H10F5NO3. The van der Waals surface area contributed by atoms with Gasteiger partial charge in [0.15, 0.2) is 0 Å². The molecule has 0 unspecified atom stereocenters. The summed E-state index contributed by atoms with van der Waals surface area (Å²) in [5.74, 6) is -2.06. The van der Waals surface area contributed by atoms with Crippen molar-refractivity contribution >= 4 is 5.97 Å². The minimum absolute atomic E-state index is 0.0895. The third-order valence-electron chi connectivity index (χ3n) is 2.31. The van der Waals surface area contributed by atoms with Gasteiger partial charge in [-0.05, 0) is 6.92 Å². The molecule has 1 N–H and O–H groups in total. The Bertz CT molecular complexity index is 502. The van der Waals surface area contributed by atoms with Crippen molar-refractivity contribution < 1.29 is 36.6 Å². The van der Waals surface area contributed by atoms with Gasteiger partial charge in [-0.15, -0.1) is 0 Å². The van der Waals surface area contributed by atoms with E-state index < -0.39 is 47.6 Å². The minimum Gasteiger partial charge on any atom is -0.506 e. The van der Waals surface area contributed by atoms with Crippen LogP contribution in [0.4, 0.5) is 22.0 Å². The number of hydrogen-bond acceptors (Lipinski definition) is 4. The van der Waals surface area contributed by atoms with Gasteiger partial charge in [0, 0.05) is 5.56 Å². The van der Waals surface area contributed by atoms with Crippen molar-refractivity contribution in [2.75, 3.05) is 6.61 Å². The molecule has 112 valence electrons. The molecule has 20 heavy (non-hydrogen) atoms. The van der Waals surface area contributed by atoms with Crippen molar-refractivity contribution in [3.8, 4) is 5.75 Å². The first-order valence-electron chi connectivity index (χ1n) is 5.40. The molecule has 0 amide bonds. The van der Waals surface area contributed by atoms with E-state index >= 15 is 0 Å². The molecule has 0 aliphatic rings. The van der Waals surface area contributed by atoms with E-state index in [4.69, 9.17) is 0 Å². The maximum absolute atomic E-state index is 12.8. The molecule has 0 saturated carbocycles. The Morgan fingerprint density at radius 2 is 2.05 bits per heavy atom. The number of ether oxygens (including phenoxy) is 1. The normalized spacial score (nSPS) is 11.8. The van der Waals surface area contributed by atoms with Gasteiger partial charge in [-0.25, -0.2) is 8.78 Å². The number of alkyl halides is 5. The summed E-state index contributed by atoms with van der Waals surface area (Å²) >= 11 is 0. The number of hydrogen-bond donors (Lipinski definition) is 1. The molecule has 0 saturated heterocycles. The lowest BCUT2D eigenvalue weighted by atomic mass is 10.0. The van der Waals surface area contributed by atoms with Crippen LogP contribution in [-0.4, -0.2) is 22.7 Å². The maximum atomic E-state index is 12.8. The van der Waals surface area contributed by atoms with Gasteiger partial charge in [0.05, 0.1) is 24.8 Å². The Morgan fingerprint density at radius 3 is 2.50 bits per heavy atom. The Kier molecular flexibility index (Phi) is 4.85. The summed E-state index contributed by atoms with van der Waals surface area (Å²) < 4.78 is 68.2.